The van der Waals surface area contributed by atoms with Crippen LogP contribution in [0.2, 0.25) is 0 Å². The second-order valence-corrected chi connectivity index (χ2v) is 2.02. The van der Waals surface area contributed by atoms with Crippen molar-refractivity contribution in [1.29, 1.82) is 0 Å². The summed E-state index contributed by atoms with van der Waals surface area (Å²) in [6.07, 6.45) is -0.714. The van der Waals surface area contributed by atoms with Gasteiger partial charge in [0.05, 0.1) is 0 Å². The summed E-state index contributed by atoms with van der Waals surface area (Å²) < 4.78 is 4.93. The van der Waals surface area contributed by atoms with E-state index >= 15 is 0 Å². The van der Waals surface area contributed by atoms with Crippen LogP contribution in [0.3, 0.4) is 0 Å². The van der Waals surface area contributed by atoms with Crippen LogP contribution in [0, 0.1) is 6.29 Å². The summed E-state index contributed by atoms with van der Waals surface area (Å²) in [5.41, 5.74) is 0. The van der Waals surface area contributed by atoms with Crippen LogP contribution < -0.4 is 4.74 Å². The molecule has 0 aromatic heterocycles. The number of aliphatic hydroxyl groups is 2. The summed E-state index contributed by atoms with van der Waals surface area (Å²) in [6.45, 7) is -0.177. The topological polar surface area (TPSA) is 49.7 Å². The average Bonchev–Trinajstić information content (AvgIpc) is 2.03. The summed E-state index contributed by atoms with van der Waals surface area (Å²) in [5.74, 6) is 0.619. The predicted molar refractivity (Wildman–Crippen MR) is 39.1 cm³/mol. The van der Waals surface area contributed by atoms with E-state index in [2.05, 4.69) is 0 Å². The SMILES string of the molecule is O[C](O)COc1ccccc1. The van der Waals surface area contributed by atoms with Crippen LogP contribution in [0.1, 0.15) is 0 Å². The Morgan fingerprint density at radius 1 is 1.18 bits per heavy atom. The highest BCUT2D eigenvalue weighted by atomic mass is 16.5. The van der Waals surface area contributed by atoms with Crippen molar-refractivity contribution in [3.63, 3.8) is 0 Å². The van der Waals surface area contributed by atoms with Crippen molar-refractivity contribution in [1.82, 2.24) is 0 Å². The number of rotatable bonds is 3. The third-order valence-electron chi connectivity index (χ3n) is 1.11. The van der Waals surface area contributed by atoms with Gasteiger partial charge in [0, 0.05) is 0 Å². The molecule has 0 unspecified atom stereocenters. The van der Waals surface area contributed by atoms with Gasteiger partial charge in [-0.3, -0.25) is 0 Å². The lowest BCUT2D eigenvalue weighted by molar-refractivity contribution is 0.0406. The van der Waals surface area contributed by atoms with E-state index in [1.54, 1.807) is 12.1 Å². The van der Waals surface area contributed by atoms with Gasteiger partial charge in [-0.1, -0.05) is 18.2 Å². The second kappa shape index (κ2) is 3.95. The zero-order valence-electron chi connectivity index (χ0n) is 5.90. The van der Waals surface area contributed by atoms with E-state index in [4.69, 9.17) is 14.9 Å². The maximum atomic E-state index is 8.36. The molecule has 0 fully saturated rings. The van der Waals surface area contributed by atoms with Gasteiger partial charge in [0.2, 0.25) is 0 Å². The average molecular weight is 153 g/mol. The van der Waals surface area contributed by atoms with Gasteiger partial charge in [0.25, 0.3) is 6.29 Å². The lowest BCUT2D eigenvalue weighted by Gasteiger charge is -2.04. The zero-order valence-corrected chi connectivity index (χ0v) is 5.90. The molecule has 1 rings (SSSR count). The predicted octanol–water partition coefficient (Wildman–Crippen LogP) is 1.30. The Labute approximate surface area is 64.9 Å². The Bertz CT molecular complexity index is 196. The molecule has 1 aromatic rings. The quantitative estimate of drug-likeness (QED) is 0.688. The summed E-state index contributed by atoms with van der Waals surface area (Å²) in [7, 11) is 0. The molecule has 0 saturated carbocycles. The minimum Gasteiger partial charge on any atom is -0.488 e. The van der Waals surface area contributed by atoms with Crippen LogP contribution in [-0.4, -0.2) is 16.8 Å². The molecule has 0 aliphatic rings. The van der Waals surface area contributed by atoms with Crippen LogP contribution in [0.25, 0.3) is 0 Å². The van der Waals surface area contributed by atoms with Gasteiger partial charge in [0.15, 0.2) is 0 Å². The standard InChI is InChI=1S/C8H9O3/c9-8(10)6-11-7-4-2-1-3-5-7/h1-5,9-10H,6H2. The highest BCUT2D eigenvalue weighted by Crippen LogP contribution is 2.08. The molecule has 0 spiro atoms. The second-order valence-electron chi connectivity index (χ2n) is 2.02. The number of aliphatic hydroxyl groups excluding tert-OH is 1. The number of ether oxygens (including phenoxy) is 1. The molecule has 0 saturated heterocycles. The summed E-state index contributed by atoms with van der Waals surface area (Å²) in [5, 5.41) is 16.7. The van der Waals surface area contributed by atoms with Crippen molar-refractivity contribution in [2.75, 3.05) is 6.61 Å². The molecule has 0 atom stereocenters. The molecule has 59 valence electrons. The summed E-state index contributed by atoms with van der Waals surface area (Å²) in [6, 6.07) is 8.95. The Balaban J connectivity index is 2.39. The molecule has 0 amide bonds. The van der Waals surface area contributed by atoms with Gasteiger partial charge in [-0.05, 0) is 12.1 Å². The first-order valence-corrected chi connectivity index (χ1v) is 3.20. The molecule has 0 heterocycles. The van der Waals surface area contributed by atoms with E-state index in [0.717, 1.165) is 0 Å². The zero-order chi connectivity index (χ0) is 8.10. The smallest absolute Gasteiger partial charge is 0.257 e. The maximum Gasteiger partial charge on any atom is 0.257 e. The van der Waals surface area contributed by atoms with Gasteiger partial charge < -0.3 is 14.9 Å². The minimum absolute atomic E-state index is 0.177. The molecule has 0 bridgehead atoms. The van der Waals surface area contributed by atoms with E-state index in [0.29, 0.717) is 5.75 Å². The van der Waals surface area contributed by atoms with Gasteiger partial charge in [-0.15, -0.1) is 0 Å². The summed E-state index contributed by atoms with van der Waals surface area (Å²) >= 11 is 0. The largest absolute Gasteiger partial charge is 0.488 e. The normalized spacial score (nSPS) is 10.1. The van der Waals surface area contributed by atoms with Gasteiger partial charge in [-0.25, -0.2) is 0 Å². The van der Waals surface area contributed by atoms with Crippen molar-refractivity contribution in [2.45, 2.75) is 0 Å². The number of hydrogen-bond acceptors (Lipinski definition) is 3. The lowest BCUT2D eigenvalue weighted by atomic mass is 10.3. The van der Waals surface area contributed by atoms with Crippen LogP contribution in [0.5, 0.6) is 5.75 Å². The first-order valence-electron chi connectivity index (χ1n) is 3.20. The molecule has 1 aromatic carbocycles. The molecule has 0 aliphatic carbocycles. The minimum atomic E-state index is -0.714. The Morgan fingerprint density at radius 2 is 1.82 bits per heavy atom. The fourth-order valence-electron chi connectivity index (χ4n) is 0.665. The number of para-hydroxylation sites is 1. The van der Waals surface area contributed by atoms with Crippen molar-refractivity contribution in [3.8, 4) is 5.75 Å². The fourth-order valence-corrected chi connectivity index (χ4v) is 0.665. The van der Waals surface area contributed by atoms with Crippen LogP contribution in [-0.2, 0) is 0 Å². The highest BCUT2D eigenvalue weighted by Gasteiger charge is 1.99. The number of benzene rings is 1. The van der Waals surface area contributed by atoms with E-state index in [1.807, 2.05) is 18.2 Å². The third-order valence-corrected chi connectivity index (χ3v) is 1.11. The Kier molecular flexibility index (Phi) is 2.89. The molecular formula is C8H9O3. The van der Waals surface area contributed by atoms with Crippen LogP contribution in [0.4, 0.5) is 0 Å². The third kappa shape index (κ3) is 3.02. The number of hydrogen-bond donors (Lipinski definition) is 2. The summed E-state index contributed by atoms with van der Waals surface area (Å²) in [4.78, 5) is 0. The van der Waals surface area contributed by atoms with Crippen molar-refractivity contribution in [2.24, 2.45) is 0 Å². The highest BCUT2D eigenvalue weighted by molar-refractivity contribution is 5.20. The molecule has 0 aliphatic heterocycles. The fraction of sp³-hybridized carbons (Fsp3) is 0.125. The molecule has 3 heteroatoms. The van der Waals surface area contributed by atoms with E-state index < -0.39 is 6.29 Å². The van der Waals surface area contributed by atoms with Gasteiger partial charge in [0.1, 0.15) is 12.4 Å². The first kappa shape index (κ1) is 8.04. The van der Waals surface area contributed by atoms with Gasteiger partial charge >= 0.3 is 0 Å². The van der Waals surface area contributed by atoms with Crippen molar-refractivity contribution < 1.29 is 14.9 Å². The lowest BCUT2D eigenvalue weighted by Crippen LogP contribution is -2.07. The maximum absolute atomic E-state index is 8.36. The van der Waals surface area contributed by atoms with Gasteiger partial charge in [-0.2, -0.15) is 0 Å². The molecule has 11 heavy (non-hydrogen) atoms. The van der Waals surface area contributed by atoms with E-state index in [9.17, 15) is 0 Å². The van der Waals surface area contributed by atoms with E-state index in [-0.39, 0.29) is 6.61 Å². The van der Waals surface area contributed by atoms with E-state index in [1.165, 1.54) is 0 Å². The monoisotopic (exact) mass is 153 g/mol. The Morgan fingerprint density at radius 3 is 2.36 bits per heavy atom. The Hall–Kier alpha value is -1.06. The van der Waals surface area contributed by atoms with Crippen LogP contribution >= 0.6 is 0 Å². The molecule has 1 radical (unpaired) electrons. The van der Waals surface area contributed by atoms with Crippen LogP contribution in [0.15, 0.2) is 30.3 Å². The first-order chi connectivity index (χ1) is 5.29. The van der Waals surface area contributed by atoms with Crippen molar-refractivity contribution >= 4 is 0 Å². The van der Waals surface area contributed by atoms with Crippen molar-refractivity contribution in [3.05, 3.63) is 36.6 Å². The molecule has 2 N–H and O–H groups in total. The molecule has 3 nitrogen and oxygen atoms in total. The molecular weight excluding hydrogens is 144 g/mol.